The highest BCUT2D eigenvalue weighted by Crippen LogP contribution is 2.49. The van der Waals surface area contributed by atoms with E-state index >= 15 is 0 Å². The fourth-order valence-electron chi connectivity index (χ4n) is 4.15. The lowest BCUT2D eigenvalue weighted by atomic mass is 9.84. The van der Waals surface area contributed by atoms with Crippen LogP contribution in [0, 0.1) is 17.8 Å². The van der Waals surface area contributed by atoms with Crippen LogP contribution in [0.5, 0.6) is 0 Å². The molecule has 3 rings (SSSR count). The molecule has 4 atom stereocenters. The van der Waals surface area contributed by atoms with Gasteiger partial charge in [-0.2, -0.15) is 13.2 Å². The van der Waals surface area contributed by atoms with Crippen LogP contribution in [0.2, 0.25) is 0 Å². The van der Waals surface area contributed by atoms with Crippen LogP contribution in [-0.4, -0.2) is 14.5 Å². The second-order valence-corrected chi connectivity index (χ2v) is 8.49. The van der Waals surface area contributed by atoms with Gasteiger partial charge in [0.1, 0.15) is 0 Å². The fourth-order valence-corrected chi connectivity index (χ4v) is 5.49. The Balaban J connectivity index is 1.76. The van der Waals surface area contributed by atoms with Gasteiger partial charge in [-0.1, -0.05) is 12.5 Å². The Labute approximate surface area is 134 Å². The molecule has 1 aromatic carbocycles. The molecule has 128 valence electrons. The van der Waals surface area contributed by atoms with Crippen LogP contribution in [-0.2, 0) is 16.2 Å². The molecule has 2 saturated carbocycles. The monoisotopic (exact) mass is 347 g/mol. The summed E-state index contributed by atoms with van der Waals surface area (Å²) < 4.78 is 65.6. The first-order chi connectivity index (χ1) is 10.7. The van der Waals surface area contributed by atoms with E-state index < -0.39 is 21.8 Å². The molecule has 2 aliphatic rings. The van der Waals surface area contributed by atoms with Gasteiger partial charge in [0.05, 0.1) is 10.5 Å². The molecule has 0 amide bonds. The molecule has 0 radical (unpaired) electrons. The largest absolute Gasteiger partial charge is 0.416 e. The lowest BCUT2D eigenvalue weighted by Gasteiger charge is -2.28. The molecule has 23 heavy (non-hydrogen) atoms. The third-order valence-electron chi connectivity index (χ3n) is 5.25. The normalized spacial score (nSPS) is 29.0. The van der Waals surface area contributed by atoms with Crippen molar-refractivity contribution in [3.05, 3.63) is 29.8 Å². The van der Waals surface area contributed by atoms with Crippen LogP contribution in [0.15, 0.2) is 29.2 Å². The zero-order valence-corrected chi connectivity index (χ0v) is 13.6. The molecule has 0 saturated heterocycles. The van der Waals surface area contributed by atoms with E-state index in [0.29, 0.717) is 17.9 Å². The van der Waals surface area contributed by atoms with Crippen molar-refractivity contribution < 1.29 is 21.6 Å². The predicted molar refractivity (Wildman–Crippen MR) is 80.2 cm³/mol. The summed E-state index contributed by atoms with van der Waals surface area (Å²) in [6, 6.07) is 3.63. The molecule has 0 aliphatic heterocycles. The maximum atomic E-state index is 12.8. The number of nitrogens with one attached hydrogen (secondary N) is 1. The minimum atomic E-state index is -4.55. The highest BCUT2D eigenvalue weighted by molar-refractivity contribution is 7.89. The number of halogens is 3. The summed E-state index contributed by atoms with van der Waals surface area (Å²) in [5, 5.41) is 0. The first-order valence-electron chi connectivity index (χ1n) is 7.86. The summed E-state index contributed by atoms with van der Waals surface area (Å²) in [6.07, 6.45) is -0.0434. The van der Waals surface area contributed by atoms with Crippen LogP contribution < -0.4 is 4.72 Å². The quantitative estimate of drug-likeness (QED) is 0.900. The summed E-state index contributed by atoms with van der Waals surface area (Å²) in [7, 11) is -3.95. The van der Waals surface area contributed by atoms with Gasteiger partial charge in [-0.05, 0) is 62.1 Å². The minimum absolute atomic E-state index is 0.259. The number of hydrogen-bond donors (Lipinski definition) is 1. The predicted octanol–water partition coefficient (Wildman–Crippen LogP) is 3.81. The van der Waals surface area contributed by atoms with Crippen molar-refractivity contribution >= 4 is 10.0 Å². The molecule has 7 heteroatoms. The highest BCUT2D eigenvalue weighted by Gasteiger charge is 2.42. The van der Waals surface area contributed by atoms with Crippen molar-refractivity contribution in [3.63, 3.8) is 0 Å². The SMILES string of the molecule is C[C@H](NS(=O)(=O)c1cccc(C(F)(F)F)c1)[C@@H]1C[C@H]2CC[C@H]1C2. The summed E-state index contributed by atoms with van der Waals surface area (Å²) in [5.41, 5.74) is -0.951. The van der Waals surface area contributed by atoms with Crippen molar-refractivity contribution in [1.82, 2.24) is 4.72 Å². The maximum Gasteiger partial charge on any atom is 0.416 e. The lowest BCUT2D eigenvalue weighted by Crippen LogP contribution is -2.40. The Morgan fingerprint density at radius 1 is 1.22 bits per heavy atom. The van der Waals surface area contributed by atoms with Gasteiger partial charge in [-0.15, -0.1) is 0 Å². The van der Waals surface area contributed by atoms with Gasteiger partial charge in [-0.25, -0.2) is 13.1 Å². The maximum absolute atomic E-state index is 12.8. The Hall–Kier alpha value is -1.08. The van der Waals surface area contributed by atoms with Crippen LogP contribution >= 0.6 is 0 Å². The van der Waals surface area contributed by atoms with Gasteiger partial charge < -0.3 is 0 Å². The zero-order chi connectivity index (χ0) is 16.8. The Bertz CT molecular complexity index is 687. The molecule has 0 heterocycles. The van der Waals surface area contributed by atoms with Crippen molar-refractivity contribution in [2.24, 2.45) is 17.8 Å². The summed E-state index contributed by atoms with van der Waals surface area (Å²) >= 11 is 0. The molecule has 1 N–H and O–H groups in total. The molecule has 1 aromatic rings. The lowest BCUT2D eigenvalue weighted by molar-refractivity contribution is -0.137. The van der Waals surface area contributed by atoms with E-state index in [0.717, 1.165) is 31.4 Å². The first kappa shape index (κ1) is 16.8. The molecule has 0 spiro atoms. The van der Waals surface area contributed by atoms with Crippen LogP contribution in [0.4, 0.5) is 13.2 Å². The Morgan fingerprint density at radius 3 is 2.52 bits per heavy atom. The third kappa shape index (κ3) is 3.40. The first-order valence-corrected chi connectivity index (χ1v) is 9.35. The van der Waals surface area contributed by atoms with E-state index in [1.54, 1.807) is 0 Å². The van der Waals surface area contributed by atoms with Crippen LogP contribution in [0.25, 0.3) is 0 Å². The number of fused-ring (bicyclic) bond motifs is 2. The van der Waals surface area contributed by atoms with Gasteiger partial charge >= 0.3 is 6.18 Å². The smallest absolute Gasteiger partial charge is 0.208 e. The van der Waals surface area contributed by atoms with E-state index in [4.69, 9.17) is 0 Å². The van der Waals surface area contributed by atoms with Gasteiger partial charge in [0, 0.05) is 6.04 Å². The molecule has 0 aromatic heterocycles. The average Bonchev–Trinajstić information content (AvgIpc) is 3.09. The van der Waals surface area contributed by atoms with Gasteiger partial charge in [-0.3, -0.25) is 0 Å². The number of hydrogen-bond acceptors (Lipinski definition) is 2. The van der Waals surface area contributed by atoms with Crippen molar-refractivity contribution in [3.8, 4) is 0 Å². The van der Waals surface area contributed by atoms with Gasteiger partial charge in [0.15, 0.2) is 0 Å². The summed E-state index contributed by atoms with van der Waals surface area (Å²) in [4.78, 5) is -0.331. The molecular formula is C16H20F3NO2S. The second kappa shape index (κ2) is 5.77. The topological polar surface area (TPSA) is 46.2 Å². The number of rotatable bonds is 4. The fraction of sp³-hybridized carbons (Fsp3) is 0.625. The van der Waals surface area contributed by atoms with E-state index in [9.17, 15) is 21.6 Å². The zero-order valence-electron chi connectivity index (χ0n) is 12.8. The molecule has 2 aliphatic carbocycles. The molecule has 2 bridgehead atoms. The molecular weight excluding hydrogens is 327 g/mol. The standard InChI is InChI=1S/C16H20F3NO2S/c1-10(15-8-11-5-6-12(15)7-11)20-23(21,22)14-4-2-3-13(9-14)16(17,18)19/h2-4,9-12,15,20H,5-8H2,1H3/t10-,11-,12-,15-/m0/s1. The number of benzene rings is 1. The Kier molecular flexibility index (Phi) is 4.21. The van der Waals surface area contributed by atoms with Crippen LogP contribution in [0.1, 0.15) is 38.2 Å². The van der Waals surface area contributed by atoms with Crippen molar-refractivity contribution in [2.45, 2.75) is 49.7 Å². The van der Waals surface area contributed by atoms with Crippen molar-refractivity contribution in [1.29, 1.82) is 0 Å². The number of alkyl halides is 3. The van der Waals surface area contributed by atoms with E-state index in [-0.39, 0.29) is 16.9 Å². The third-order valence-corrected chi connectivity index (χ3v) is 6.80. The molecule has 2 fully saturated rings. The minimum Gasteiger partial charge on any atom is -0.208 e. The van der Waals surface area contributed by atoms with Crippen molar-refractivity contribution in [2.75, 3.05) is 0 Å². The van der Waals surface area contributed by atoms with Gasteiger partial charge in [0.2, 0.25) is 10.0 Å². The van der Waals surface area contributed by atoms with Crippen LogP contribution in [0.3, 0.4) is 0 Å². The van der Waals surface area contributed by atoms with Gasteiger partial charge in [0.25, 0.3) is 0 Å². The summed E-state index contributed by atoms with van der Waals surface area (Å²) in [5.74, 6) is 1.51. The second-order valence-electron chi connectivity index (χ2n) is 6.77. The van der Waals surface area contributed by atoms with E-state index in [1.807, 2.05) is 6.92 Å². The molecule has 0 unspecified atom stereocenters. The highest BCUT2D eigenvalue weighted by atomic mass is 32.2. The average molecular weight is 347 g/mol. The molecule has 3 nitrogen and oxygen atoms in total. The summed E-state index contributed by atoms with van der Waals surface area (Å²) in [6.45, 7) is 1.82. The van der Waals surface area contributed by atoms with E-state index in [1.165, 1.54) is 12.5 Å². The number of sulfonamides is 1. The Morgan fingerprint density at radius 2 is 1.96 bits per heavy atom. The van der Waals surface area contributed by atoms with E-state index in [2.05, 4.69) is 4.72 Å².